The summed E-state index contributed by atoms with van der Waals surface area (Å²) in [6.07, 6.45) is 3.81. The molecule has 1 aliphatic heterocycles. The Morgan fingerprint density at radius 3 is 2.46 bits per heavy atom. The van der Waals surface area contributed by atoms with Gasteiger partial charge in [0.1, 0.15) is 0 Å². The van der Waals surface area contributed by atoms with E-state index in [4.69, 9.17) is 34.8 Å². The first-order valence-electron chi connectivity index (χ1n) is 12.5. The van der Waals surface area contributed by atoms with Crippen molar-refractivity contribution < 1.29 is 13.2 Å². The molecule has 1 saturated heterocycles. The third-order valence-electron chi connectivity index (χ3n) is 7.14. The lowest BCUT2D eigenvalue weighted by molar-refractivity contribution is -0.154. The van der Waals surface area contributed by atoms with Gasteiger partial charge < -0.3 is 4.90 Å². The summed E-state index contributed by atoms with van der Waals surface area (Å²) in [6, 6.07) is 14.6. The van der Waals surface area contributed by atoms with Gasteiger partial charge in [0.15, 0.2) is 0 Å². The van der Waals surface area contributed by atoms with E-state index in [9.17, 15) is 13.2 Å². The number of carbonyl (C=O) groups excluding carboxylic acids is 1. The molecule has 1 fully saturated rings. The Bertz CT molecular complexity index is 1190. The number of sulfonamides is 1. The normalized spacial score (nSPS) is 23.2. The molecule has 37 heavy (non-hydrogen) atoms. The number of nitrogens with zero attached hydrogens (tertiary/aromatic N) is 1. The molecule has 3 rings (SSSR count). The van der Waals surface area contributed by atoms with Crippen molar-refractivity contribution in [2.75, 3.05) is 18.2 Å². The van der Waals surface area contributed by atoms with Gasteiger partial charge in [-0.25, -0.2) is 13.1 Å². The minimum Gasteiger partial charge on any atom is -0.330 e. The van der Waals surface area contributed by atoms with Crippen LogP contribution in [0.1, 0.15) is 62.6 Å². The molecule has 1 amide bonds. The van der Waals surface area contributed by atoms with Crippen LogP contribution in [0.5, 0.6) is 0 Å². The predicted octanol–water partition coefficient (Wildman–Crippen LogP) is 6.96. The Balaban J connectivity index is 2.13. The molecule has 1 heterocycles. The molecule has 0 spiro atoms. The Hall–Kier alpha value is -1.57. The maximum atomic E-state index is 14.3. The zero-order valence-electron chi connectivity index (χ0n) is 21.3. The van der Waals surface area contributed by atoms with E-state index in [0.29, 0.717) is 35.7 Å². The summed E-state index contributed by atoms with van der Waals surface area (Å²) in [6.45, 7) is 7.97. The zero-order valence-corrected chi connectivity index (χ0v) is 24.4. The van der Waals surface area contributed by atoms with Crippen LogP contribution in [0, 0.1) is 5.41 Å². The standard InChI is InChI=1S/C28H35Cl3N2O3S/c1-4-14-28(3)18-25(21-8-6-9-23(31)17-21)26(20-10-12-22(30)13-11-20)33(27(28)34)24(5-2)19-32-37(35,36)16-7-15-29/h4,6,8-13,17,24-26,32H,1,5,7,14-16,18-19H2,2-3H3/t24-,25+,26?,28-/m0/s1. The lowest BCUT2D eigenvalue weighted by atomic mass is 9.67. The molecule has 4 atom stereocenters. The molecule has 202 valence electrons. The number of likely N-dealkylation sites (tertiary alicyclic amines) is 1. The summed E-state index contributed by atoms with van der Waals surface area (Å²) in [7, 11) is -3.53. The highest BCUT2D eigenvalue weighted by atomic mass is 35.5. The van der Waals surface area contributed by atoms with Crippen LogP contribution in [0.15, 0.2) is 61.2 Å². The number of nitrogens with one attached hydrogen (secondary N) is 1. The van der Waals surface area contributed by atoms with E-state index >= 15 is 0 Å². The Labute approximate surface area is 236 Å². The number of piperidine rings is 1. The van der Waals surface area contributed by atoms with Gasteiger partial charge in [0, 0.05) is 34.4 Å². The number of carbonyl (C=O) groups is 1. The van der Waals surface area contributed by atoms with Crippen LogP contribution in [-0.4, -0.2) is 43.4 Å². The Morgan fingerprint density at radius 1 is 1.16 bits per heavy atom. The van der Waals surface area contributed by atoms with Crippen molar-refractivity contribution in [1.29, 1.82) is 0 Å². The van der Waals surface area contributed by atoms with Gasteiger partial charge in [-0.15, -0.1) is 18.2 Å². The molecular formula is C28H35Cl3N2O3S. The first-order valence-corrected chi connectivity index (χ1v) is 15.5. The molecule has 1 aliphatic rings. The maximum absolute atomic E-state index is 14.3. The van der Waals surface area contributed by atoms with Crippen LogP contribution in [0.3, 0.4) is 0 Å². The predicted molar refractivity (Wildman–Crippen MR) is 154 cm³/mol. The topological polar surface area (TPSA) is 66.5 Å². The number of rotatable bonds is 12. The number of allylic oxidation sites excluding steroid dienone is 1. The molecule has 2 aromatic carbocycles. The monoisotopic (exact) mass is 584 g/mol. The van der Waals surface area contributed by atoms with Gasteiger partial charge in [-0.05, 0) is 61.1 Å². The van der Waals surface area contributed by atoms with E-state index in [1.165, 1.54) is 0 Å². The third-order valence-corrected chi connectivity index (χ3v) is 9.32. The number of amides is 1. The summed E-state index contributed by atoms with van der Waals surface area (Å²) >= 11 is 18.3. The second-order valence-corrected chi connectivity index (χ2v) is 13.1. The van der Waals surface area contributed by atoms with E-state index in [-0.39, 0.29) is 42.1 Å². The van der Waals surface area contributed by atoms with Crippen LogP contribution in [-0.2, 0) is 14.8 Å². The second-order valence-electron chi connectivity index (χ2n) is 9.90. The maximum Gasteiger partial charge on any atom is 0.229 e. The van der Waals surface area contributed by atoms with Gasteiger partial charge >= 0.3 is 0 Å². The zero-order chi connectivity index (χ0) is 27.2. The van der Waals surface area contributed by atoms with Crippen molar-refractivity contribution in [2.24, 2.45) is 5.41 Å². The van der Waals surface area contributed by atoms with Gasteiger partial charge in [-0.3, -0.25) is 4.79 Å². The molecule has 0 aromatic heterocycles. The van der Waals surface area contributed by atoms with Gasteiger partial charge in [0.2, 0.25) is 15.9 Å². The average Bonchev–Trinajstić information content (AvgIpc) is 2.86. The van der Waals surface area contributed by atoms with Gasteiger partial charge in [0.05, 0.1) is 17.2 Å². The van der Waals surface area contributed by atoms with E-state index in [2.05, 4.69) is 11.3 Å². The average molecular weight is 586 g/mol. The molecule has 2 aromatic rings. The third kappa shape index (κ3) is 7.30. The molecule has 0 aliphatic carbocycles. The van der Waals surface area contributed by atoms with Crippen molar-refractivity contribution in [2.45, 2.75) is 57.5 Å². The number of alkyl halides is 1. The van der Waals surface area contributed by atoms with E-state index in [1.54, 1.807) is 6.08 Å². The van der Waals surface area contributed by atoms with Crippen molar-refractivity contribution >= 4 is 50.7 Å². The van der Waals surface area contributed by atoms with Crippen molar-refractivity contribution in [3.05, 3.63) is 82.4 Å². The number of hydrogen-bond donors (Lipinski definition) is 1. The fraction of sp³-hybridized carbons (Fsp3) is 0.464. The van der Waals surface area contributed by atoms with Crippen molar-refractivity contribution in [3.8, 4) is 0 Å². The number of hydrogen-bond acceptors (Lipinski definition) is 3. The Kier molecular flexibility index (Phi) is 10.5. The fourth-order valence-corrected chi connectivity index (χ4v) is 7.00. The van der Waals surface area contributed by atoms with Gasteiger partial charge in [-0.1, -0.05) is 67.4 Å². The molecule has 5 nitrogen and oxygen atoms in total. The minimum absolute atomic E-state index is 0.0163. The second kappa shape index (κ2) is 13.0. The minimum atomic E-state index is -3.53. The van der Waals surface area contributed by atoms with Gasteiger partial charge in [0.25, 0.3) is 0 Å². The summed E-state index contributed by atoms with van der Waals surface area (Å²) in [5.41, 5.74) is 1.26. The van der Waals surface area contributed by atoms with E-state index < -0.39 is 15.4 Å². The van der Waals surface area contributed by atoms with Crippen LogP contribution < -0.4 is 4.72 Å². The highest BCUT2D eigenvalue weighted by molar-refractivity contribution is 7.89. The van der Waals surface area contributed by atoms with Crippen LogP contribution in [0.25, 0.3) is 0 Å². The summed E-state index contributed by atoms with van der Waals surface area (Å²) in [5.74, 6) is 0.116. The van der Waals surface area contributed by atoms with Crippen molar-refractivity contribution in [1.82, 2.24) is 9.62 Å². The first-order chi connectivity index (χ1) is 17.5. The number of halogens is 3. The highest BCUT2D eigenvalue weighted by Gasteiger charge is 2.50. The van der Waals surface area contributed by atoms with E-state index in [1.807, 2.05) is 67.3 Å². The van der Waals surface area contributed by atoms with Crippen molar-refractivity contribution in [3.63, 3.8) is 0 Å². The largest absolute Gasteiger partial charge is 0.330 e. The van der Waals surface area contributed by atoms with E-state index in [0.717, 1.165) is 11.1 Å². The highest BCUT2D eigenvalue weighted by Crippen LogP contribution is 2.52. The summed E-state index contributed by atoms with van der Waals surface area (Å²) < 4.78 is 27.9. The Morgan fingerprint density at radius 2 is 1.86 bits per heavy atom. The van der Waals surface area contributed by atoms with Crippen LogP contribution in [0.4, 0.5) is 0 Å². The molecule has 9 heteroatoms. The molecule has 0 bridgehead atoms. The molecule has 0 radical (unpaired) electrons. The summed E-state index contributed by atoms with van der Waals surface area (Å²) in [5, 5.41) is 1.23. The quantitative estimate of drug-likeness (QED) is 0.216. The lowest BCUT2D eigenvalue weighted by Crippen LogP contribution is -2.57. The lowest BCUT2D eigenvalue weighted by Gasteiger charge is -2.52. The molecular weight excluding hydrogens is 551 g/mol. The van der Waals surface area contributed by atoms with Crippen LogP contribution >= 0.6 is 34.8 Å². The SMILES string of the molecule is C=CC[C@@]1(C)C[C@H](c2cccc(Cl)c2)C(c2ccc(Cl)cc2)N([C@@H](CC)CNS(=O)(=O)CCCCl)C1=O. The summed E-state index contributed by atoms with van der Waals surface area (Å²) in [4.78, 5) is 16.2. The molecule has 0 saturated carbocycles. The first kappa shape index (κ1) is 30.0. The smallest absolute Gasteiger partial charge is 0.229 e. The molecule has 1 unspecified atom stereocenters. The number of benzene rings is 2. The fourth-order valence-electron chi connectivity index (χ4n) is 5.27. The van der Waals surface area contributed by atoms with Gasteiger partial charge in [-0.2, -0.15) is 0 Å². The van der Waals surface area contributed by atoms with Crippen LogP contribution in [0.2, 0.25) is 10.0 Å². The molecule has 1 N–H and O–H groups in total.